The Hall–Kier alpha value is -4.32. The van der Waals surface area contributed by atoms with Gasteiger partial charge in [0, 0.05) is 29.6 Å². The summed E-state index contributed by atoms with van der Waals surface area (Å²) in [6, 6.07) is 21.5. The van der Waals surface area contributed by atoms with E-state index in [-0.39, 0.29) is 23.2 Å². The van der Waals surface area contributed by atoms with E-state index in [2.05, 4.69) is 82.8 Å². The highest BCUT2D eigenvalue weighted by atomic mass is 32.2. The number of anilines is 1. The number of rotatable bonds is 9. The zero-order chi connectivity index (χ0) is 33.8. The summed E-state index contributed by atoms with van der Waals surface area (Å²) in [7, 11) is 0. The molecule has 1 aliphatic rings. The van der Waals surface area contributed by atoms with Gasteiger partial charge < -0.3 is 15.0 Å². The molecule has 248 valence electrons. The second-order valence-corrected chi connectivity index (χ2v) is 13.8. The average Bonchev–Trinajstić information content (AvgIpc) is 3.51. The highest BCUT2D eigenvalue weighted by molar-refractivity contribution is 8.14. The standard InChI is InChI=1S/C35H39F3N6O2S/c1-23(2)29-8-6-7-9-30(29)44-24(3)18-19-47-33(44)41-32(45)39-21-34(4,5)20-25-10-12-26(13-11-25)31-40-22-43(42-31)27-14-16-28(17-15-27)46-35(36,37)38/h6-17,22-24H,18-21H2,1-5H3,(H,39,45). The van der Waals surface area contributed by atoms with Crippen LogP contribution in [-0.4, -0.2) is 50.7 Å². The van der Waals surface area contributed by atoms with Gasteiger partial charge in [-0.1, -0.05) is 81.9 Å². The van der Waals surface area contributed by atoms with Gasteiger partial charge in [0.1, 0.15) is 12.1 Å². The minimum atomic E-state index is -4.75. The lowest BCUT2D eigenvalue weighted by Gasteiger charge is -2.37. The fourth-order valence-corrected chi connectivity index (χ4v) is 6.68. The number of ether oxygens (including phenoxy) is 1. The maximum absolute atomic E-state index is 13.1. The Kier molecular flexibility index (Phi) is 10.3. The molecule has 0 aliphatic carbocycles. The minimum Gasteiger partial charge on any atom is -0.406 e. The number of para-hydroxylation sites is 1. The SMILES string of the molecule is CC(C)c1ccccc1N1C(=NC(=O)NCC(C)(C)Cc2ccc(-c3ncn(-c4ccc(OC(F)(F)F)cc4)n3)cc2)SCCC1C. The molecule has 47 heavy (non-hydrogen) atoms. The number of aromatic nitrogens is 3. The number of aliphatic imine (C=N–C) groups is 1. The Balaban J connectivity index is 1.19. The third-order valence-electron chi connectivity index (χ3n) is 7.87. The predicted molar refractivity (Wildman–Crippen MR) is 181 cm³/mol. The molecule has 1 aromatic heterocycles. The number of nitrogens with zero attached hydrogens (tertiary/aromatic N) is 5. The van der Waals surface area contributed by atoms with Crippen molar-refractivity contribution >= 4 is 28.6 Å². The van der Waals surface area contributed by atoms with E-state index in [9.17, 15) is 18.0 Å². The summed E-state index contributed by atoms with van der Waals surface area (Å²) in [5, 5.41) is 8.24. The molecule has 1 fully saturated rings. The number of nitrogens with one attached hydrogen (secondary N) is 1. The van der Waals surface area contributed by atoms with Gasteiger partial charge in [-0.15, -0.1) is 18.3 Å². The van der Waals surface area contributed by atoms with Crippen molar-refractivity contribution in [3.8, 4) is 22.8 Å². The number of carbonyl (C=O) groups is 1. The summed E-state index contributed by atoms with van der Waals surface area (Å²) in [5.74, 6) is 1.44. The molecule has 1 saturated heterocycles. The van der Waals surface area contributed by atoms with E-state index < -0.39 is 6.36 Å². The normalized spacial score (nSPS) is 16.5. The van der Waals surface area contributed by atoms with Gasteiger partial charge in [0.05, 0.1) is 5.69 Å². The van der Waals surface area contributed by atoms with E-state index in [1.807, 2.05) is 30.3 Å². The smallest absolute Gasteiger partial charge is 0.406 e. The highest BCUT2D eigenvalue weighted by Crippen LogP contribution is 2.35. The molecular formula is C35H39F3N6O2S. The molecule has 3 aromatic carbocycles. The second-order valence-electron chi connectivity index (χ2n) is 12.7. The first-order chi connectivity index (χ1) is 22.3. The third kappa shape index (κ3) is 8.94. The number of urea groups is 1. The summed E-state index contributed by atoms with van der Waals surface area (Å²) in [4.78, 5) is 24.2. The molecule has 0 spiro atoms. The Bertz CT molecular complexity index is 1700. The summed E-state index contributed by atoms with van der Waals surface area (Å²) in [6.07, 6.45) is -1.51. The molecular weight excluding hydrogens is 625 g/mol. The summed E-state index contributed by atoms with van der Waals surface area (Å²) >= 11 is 1.62. The number of amidine groups is 1. The van der Waals surface area contributed by atoms with Crippen molar-refractivity contribution in [2.24, 2.45) is 10.4 Å². The van der Waals surface area contributed by atoms with Crippen LogP contribution in [0.5, 0.6) is 5.75 Å². The van der Waals surface area contributed by atoms with Crippen LogP contribution >= 0.6 is 11.8 Å². The van der Waals surface area contributed by atoms with Crippen LogP contribution < -0.4 is 15.0 Å². The fourth-order valence-electron chi connectivity index (χ4n) is 5.48. The van der Waals surface area contributed by atoms with E-state index >= 15 is 0 Å². The minimum absolute atomic E-state index is 0.236. The Morgan fingerprint density at radius 2 is 1.77 bits per heavy atom. The molecule has 0 bridgehead atoms. The van der Waals surface area contributed by atoms with Gasteiger partial charge in [0.2, 0.25) is 0 Å². The van der Waals surface area contributed by atoms with Crippen molar-refractivity contribution in [2.75, 3.05) is 17.2 Å². The molecule has 1 unspecified atom stereocenters. The average molecular weight is 665 g/mol. The van der Waals surface area contributed by atoms with Crippen LogP contribution in [0.25, 0.3) is 17.1 Å². The van der Waals surface area contributed by atoms with Gasteiger partial charge in [-0.3, -0.25) is 0 Å². The van der Waals surface area contributed by atoms with E-state index in [1.165, 1.54) is 40.8 Å². The van der Waals surface area contributed by atoms with Crippen LogP contribution in [0.2, 0.25) is 0 Å². The van der Waals surface area contributed by atoms with E-state index in [0.29, 0.717) is 24.0 Å². The summed E-state index contributed by atoms with van der Waals surface area (Å²) < 4.78 is 42.8. The number of hydrogen-bond donors (Lipinski definition) is 1. The zero-order valence-electron chi connectivity index (χ0n) is 27.1. The second kappa shape index (κ2) is 14.2. The lowest BCUT2D eigenvalue weighted by atomic mass is 9.85. The van der Waals surface area contributed by atoms with E-state index in [0.717, 1.165) is 40.6 Å². The van der Waals surface area contributed by atoms with Crippen LogP contribution in [-0.2, 0) is 6.42 Å². The first kappa shape index (κ1) is 34.0. The topological polar surface area (TPSA) is 84.6 Å². The van der Waals surface area contributed by atoms with Crippen molar-refractivity contribution in [1.82, 2.24) is 20.1 Å². The first-order valence-electron chi connectivity index (χ1n) is 15.5. The number of amides is 2. The summed E-state index contributed by atoms with van der Waals surface area (Å²) in [5.41, 5.74) is 4.54. The van der Waals surface area contributed by atoms with Gasteiger partial charge >= 0.3 is 12.4 Å². The molecule has 1 N–H and O–H groups in total. The van der Waals surface area contributed by atoms with Crippen LogP contribution in [0, 0.1) is 5.41 Å². The van der Waals surface area contributed by atoms with E-state index in [4.69, 9.17) is 0 Å². The third-order valence-corrected chi connectivity index (χ3v) is 8.85. The van der Waals surface area contributed by atoms with Gasteiger partial charge in [0.15, 0.2) is 11.0 Å². The first-order valence-corrected chi connectivity index (χ1v) is 16.5. The molecule has 2 heterocycles. The van der Waals surface area contributed by atoms with Crippen molar-refractivity contribution in [3.63, 3.8) is 0 Å². The number of halogens is 3. The lowest BCUT2D eigenvalue weighted by Crippen LogP contribution is -2.43. The fraction of sp³-hybridized carbons (Fsp3) is 0.371. The molecule has 8 nitrogen and oxygen atoms in total. The lowest BCUT2D eigenvalue weighted by molar-refractivity contribution is -0.274. The summed E-state index contributed by atoms with van der Waals surface area (Å²) in [6.45, 7) is 11.2. The molecule has 12 heteroatoms. The highest BCUT2D eigenvalue weighted by Gasteiger charge is 2.31. The number of benzene rings is 3. The molecule has 1 aliphatic heterocycles. The molecule has 2 amide bonds. The van der Waals surface area contributed by atoms with Crippen molar-refractivity contribution in [1.29, 1.82) is 0 Å². The van der Waals surface area contributed by atoms with Gasteiger partial charge in [-0.2, -0.15) is 4.99 Å². The van der Waals surface area contributed by atoms with Crippen LogP contribution in [0.4, 0.5) is 23.7 Å². The van der Waals surface area contributed by atoms with Crippen LogP contribution in [0.3, 0.4) is 0 Å². The number of hydrogen-bond acceptors (Lipinski definition) is 5. The van der Waals surface area contributed by atoms with Gasteiger partial charge in [-0.25, -0.2) is 14.5 Å². The van der Waals surface area contributed by atoms with Crippen LogP contribution in [0.1, 0.15) is 58.1 Å². The quantitative estimate of drug-likeness (QED) is 0.193. The van der Waals surface area contributed by atoms with Crippen molar-refractivity contribution < 1.29 is 22.7 Å². The van der Waals surface area contributed by atoms with E-state index in [1.54, 1.807) is 11.8 Å². The number of alkyl halides is 3. The Morgan fingerprint density at radius 3 is 2.45 bits per heavy atom. The van der Waals surface area contributed by atoms with Crippen molar-refractivity contribution in [3.05, 3.63) is 90.3 Å². The Morgan fingerprint density at radius 1 is 1.06 bits per heavy atom. The molecule has 5 rings (SSSR count). The predicted octanol–water partition coefficient (Wildman–Crippen LogP) is 8.62. The van der Waals surface area contributed by atoms with Crippen molar-refractivity contribution in [2.45, 2.75) is 65.8 Å². The Labute approximate surface area is 277 Å². The zero-order valence-corrected chi connectivity index (χ0v) is 27.9. The maximum atomic E-state index is 13.1. The molecule has 0 saturated carbocycles. The van der Waals surface area contributed by atoms with Crippen LogP contribution in [0.15, 0.2) is 84.1 Å². The maximum Gasteiger partial charge on any atom is 0.573 e. The van der Waals surface area contributed by atoms with Gasteiger partial charge in [-0.05, 0) is 72.6 Å². The van der Waals surface area contributed by atoms with Gasteiger partial charge in [0.25, 0.3) is 0 Å². The monoisotopic (exact) mass is 664 g/mol. The molecule has 1 atom stereocenters. The largest absolute Gasteiger partial charge is 0.573 e. The number of carbonyl (C=O) groups excluding carboxylic acids is 1. The molecule has 4 aromatic rings. The molecule has 0 radical (unpaired) electrons. The number of thioether (sulfide) groups is 1.